The van der Waals surface area contributed by atoms with Gasteiger partial charge in [0.15, 0.2) is 0 Å². The molecule has 0 bridgehead atoms. The number of hydrogen-bond acceptors (Lipinski definition) is 1. The van der Waals surface area contributed by atoms with Gasteiger partial charge >= 0.3 is 0 Å². The van der Waals surface area contributed by atoms with Crippen molar-refractivity contribution < 1.29 is 4.79 Å². The van der Waals surface area contributed by atoms with Gasteiger partial charge in [0, 0.05) is 12.5 Å². The van der Waals surface area contributed by atoms with Gasteiger partial charge in [-0.15, -0.1) is 0 Å². The normalized spacial score (nSPS) is 33.0. The first-order valence-electron chi connectivity index (χ1n) is 5.15. The van der Waals surface area contributed by atoms with Gasteiger partial charge < -0.3 is 5.32 Å². The zero-order valence-electron chi connectivity index (χ0n) is 8.10. The molecule has 70 valence electrons. The predicted octanol–water partition coefficient (Wildman–Crippen LogP) is 1.95. The minimum Gasteiger partial charge on any atom is -0.356 e. The molecule has 2 fully saturated rings. The van der Waals surface area contributed by atoms with Crippen molar-refractivity contribution in [2.24, 2.45) is 11.8 Å². The molecule has 1 saturated heterocycles. The molecular formula is C10H19NO. The summed E-state index contributed by atoms with van der Waals surface area (Å²) in [5.74, 6) is 1.37. The van der Waals surface area contributed by atoms with Gasteiger partial charge in [0.25, 0.3) is 0 Å². The minimum atomic E-state index is 0.310. The van der Waals surface area contributed by atoms with Crippen molar-refractivity contribution in [1.29, 1.82) is 0 Å². The number of hydrogen-bond donors (Lipinski definition) is 1. The Morgan fingerprint density at radius 1 is 1.25 bits per heavy atom. The molecule has 0 spiro atoms. The van der Waals surface area contributed by atoms with Crippen molar-refractivity contribution in [1.82, 2.24) is 5.32 Å². The Kier molecular flexibility index (Phi) is 3.57. The van der Waals surface area contributed by atoms with E-state index in [1.165, 1.54) is 19.3 Å². The number of nitrogens with one attached hydrogen (secondary N) is 1. The Morgan fingerprint density at radius 2 is 1.92 bits per heavy atom. The number of amides is 1. The zero-order chi connectivity index (χ0) is 8.97. The molecule has 0 aromatic heterocycles. The van der Waals surface area contributed by atoms with Crippen LogP contribution in [-0.2, 0) is 4.79 Å². The average molecular weight is 169 g/mol. The van der Waals surface area contributed by atoms with Gasteiger partial charge in [-0.3, -0.25) is 4.79 Å². The van der Waals surface area contributed by atoms with Crippen molar-refractivity contribution in [3.05, 3.63) is 0 Å². The quantitative estimate of drug-likeness (QED) is 0.590. The number of carbonyl (C=O) groups excluding carboxylic acids is 1. The van der Waals surface area contributed by atoms with Gasteiger partial charge in [-0.25, -0.2) is 0 Å². The van der Waals surface area contributed by atoms with Crippen LogP contribution in [0.3, 0.4) is 0 Å². The van der Waals surface area contributed by atoms with Crippen LogP contribution >= 0.6 is 0 Å². The number of fused-ring (bicyclic) bond motifs is 1. The van der Waals surface area contributed by atoms with E-state index >= 15 is 0 Å². The molecule has 1 aliphatic carbocycles. The summed E-state index contributed by atoms with van der Waals surface area (Å²) in [6.45, 7) is 4.95. The van der Waals surface area contributed by atoms with Crippen LogP contribution in [0, 0.1) is 11.8 Å². The Hall–Kier alpha value is -0.530. The highest BCUT2D eigenvalue weighted by Gasteiger charge is 2.35. The molecule has 2 unspecified atom stereocenters. The SMILES string of the molecule is CC.O=C1NCC2CCCCC12. The maximum Gasteiger partial charge on any atom is 0.223 e. The third kappa shape index (κ3) is 1.79. The van der Waals surface area contributed by atoms with Crippen LogP contribution in [0.2, 0.25) is 0 Å². The van der Waals surface area contributed by atoms with Crippen LogP contribution in [0.15, 0.2) is 0 Å². The van der Waals surface area contributed by atoms with E-state index in [2.05, 4.69) is 5.32 Å². The summed E-state index contributed by atoms with van der Waals surface area (Å²) in [4.78, 5) is 11.1. The number of carbonyl (C=O) groups is 1. The molecule has 1 N–H and O–H groups in total. The fourth-order valence-electron chi connectivity index (χ4n) is 2.16. The van der Waals surface area contributed by atoms with Gasteiger partial charge in [0.05, 0.1) is 0 Å². The molecule has 2 rings (SSSR count). The number of rotatable bonds is 0. The summed E-state index contributed by atoms with van der Waals surface area (Å²) in [6.07, 6.45) is 4.99. The first kappa shape index (κ1) is 9.56. The van der Waals surface area contributed by atoms with Gasteiger partial charge in [-0.1, -0.05) is 26.7 Å². The lowest BCUT2D eigenvalue weighted by molar-refractivity contribution is -0.123. The van der Waals surface area contributed by atoms with E-state index in [1.807, 2.05) is 13.8 Å². The Balaban J connectivity index is 0.000000336. The van der Waals surface area contributed by atoms with Crippen molar-refractivity contribution in [2.45, 2.75) is 39.5 Å². The van der Waals surface area contributed by atoms with Crippen molar-refractivity contribution in [3.63, 3.8) is 0 Å². The summed E-state index contributed by atoms with van der Waals surface area (Å²) < 4.78 is 0. The van der Waals surface area contributed by atoms with E-state index in [1.54, 1.807) is 0 Å². The van der Waals surface area contributed by atoms with Crippen molar-refractivity contribution in [2.75, 3.05) is 6.54 Å². The smallest absolute Gasteiger partial charge is 0.223 e. The zero-order valence-corrected chi connectivity index (χ0v) is 8.10. The Bertz CT molecular complexity index is 156. The van der Waals surface area contributed by atoms with E-state index in [-0.39, 0.29) is 0 Å². The third-order valence-electron chi connectivity index (χ3n) is 2.78. The Labute approximate surface area is 74.7 Å². The highest BCUT2D eigenvalue weighted by molar-refractivity contribution is 5.81. The van der Waals surface area contributed by atoms with Crippen LogP contribution < -0.4 is 5.32 Å². The fraction of sp³-hybridized carbons (Fsp3) is 0.900. The molecule has 1 heterocycles. The molecule has 1 aliphatic heterocycles. The third-order valence-corrected chi connectivity index (χ3v) is 2.78. The highest BCUT2D eigenvalue weighted by Crippen LogP contribution is 2.32. The molecule has 0 radical (unpaired) electrons. The first-order valence-corrected chi connectivity index (χ1v) is 5.15. The van der Waals surface area contributed by atoms with E-state index < -0.39 is 0 Å². The van der Waals surface area contributed by atoms with Crippen LogP contribution in [0.5, 0.6) is 0 Å². The summed E-state index contributed by atoms with van der Waals surface area (Å²) in [5, 5.41) is 2.92. The van der Waals surface area contributed by atoms with Gasteiger partial charge in [-0.2, -0.15) is 0 Å². The molecule has 12 heavy (non-hydrogen) atoms. The van der Waals surface area contributed by atoms with E-state index in [0.29, 0.717) is 17.7 Å². The topological polar surface area (TPSA) is 29.1 Å². The Morgan fingerprint density at radius 3 is 2.58 bits per heavy atom. The molecule has 2 atom stereocenters. The second-order valence-electron chi connectivity index (χ2n) is 3.40. The van der Waals surface area contributed by atoms with Crippen LogP contribution in [0.1, 0.15) is 39.5 Å². The highest BCUT2D eigenvalue weighted by atomic mass is 16.2. The minimum absolute atomic E-state index is 0.310. The largest absolute Gasteiger partial charge is 0.356 e. The second kappa shape index (κ2) is 4.48. The van der Waals surface area contributed by atoms with E-state index in [4.69, 9.17) is 0 Å². The van der Waals surface area contributed by atoms with Crippen LogP contribution in [-0.4, -0.2) is 12.5 Å². The molecule has 0 aromatic rings. The summed E-state index contributed by atoms with van der Waals surface area (Å²) in [6, 6.07) is 0. The maximum atomic E-state index is 11.1. The van der Waals surface area contributed by atoms with Crippen LogP contribution in [0.4, 0.5) is 0 Å². The summed E-state index contributed by atoms with van der Waals surface area (Å²) >= 11 is 0. The van der Waals surface area contributed by atoms with Crippen LogP contribution in [0.25, 0.3) is 0 Å². The van der Waals surface area contributed by atoms with Gasteiger partial charge in [-0.05, 0) is 18.8 Å². The molecule has 2 nitrogen and oxygen atoms in total. The lowest BCUT2D eigenvalue weighted by atomic mass is 9.81. The van der Waals surface area contributed by atoms with E-state index in [0.717, 1.165) is 13.0 Å². The van der Waals surface area contributed by atoms with E-state index in [9.17, 15) is 4.79 Å². The fourth-order valence-corrected chi connectivity index (χ4v) is 2.16. The molecule has 1 saturated carbocycles. The van der Waals surface area contributed by atoms with Crippen molar-refractivity contribution >= 4 is 5.91 Å². The molecule has 2 aliphatic rings. The molecular weight excluding hydrogens is 150 g/mol. The molecule has 1 amide bonds. The average Bonchev–Trinajstić information content (AvgIpc) is 2.53. The lowest BCUT2D eigenvalue weighted by Gasteiger charge is -2.21. The second-order valence-corrected chi connectivity index (χ2v) is 3.40. The predicted molar refractivity (Wildman–Crippen MR) is 49.8 cm³/mol. The summed E-state index contributed by atoms with van der Waals surface area (Å²) in [5.41, 5.74) is 0. The molecule has 0 aromatic carbocycles. The van der Waals surface area contributed by atoms with Gasteiger partial charge in [0.2, 0.25) is 5.91 Å². The maximum absolute atomic E-state index is 11.1. The summed E-state index contributed by atoms with van der Waals surface area (Å²) in [7, 11) is 0. The lowest BCUT2D eigenvalue weighted by Crippen LogP contribution is -2.21. The van der Waals surface area contributed by atoms with Gasteiger partial charge in [0.1, 0.15) is 0 Å². The standard InChI is InChI=1S/C8H13NO.C2H6/c10-8-7-4-2-1-3-6(7)5-9-8;1-2/h6-7H,1-5H2,(H,9,10);1-2H3. The van der Waals surface area contributed by atoms with Crippen molar-refractivity contribution in [3.8, 4) is 0 Å². The first-order chi connectivity index (χ1) is 5.88. The monoisotopic (exact) mass is 169 g/mol. The molecule has 2 heteroatoms.